The molecule has 0 spiro atoms. The number of halogens is 1. The predicted octanol–water partition coefficient (Wildman–Crippen LogP) is 7.50. The van der Waals surface area contributed by atoms with E-state index in [0.29, 0.717) is 6.71 Å². The Morgan fingerprint density at radius 1 is 0.921 bits per heavy atom. The van der Waals surface area contributed by atoms with Crippen molar-refractivity contribution in [2.45, 2.75) is 102 Å². The average molecular weight is 520 g/mol. The van der Waals surface area contributed by atoms with Gasteiger partial charge in [-0.1, -0.05) is 61.1 Å². The van der Waals surface area contributed by atoms with E-state index < -0.39 is 0 Å². The fraction of sp³-hybridized carbons (Fsp3) is 0.500. The Kier molecular flexibility index (Phi) is 3.99. The van der Waals surface area contributed by atoms with E-state index in [4.69, 9.17) is 11.6 Å². The molecule has 2 saturated carbocycles. The lowest BCUT2D eigenvalue weighted by Crippen LogP contribution is -2.63. The van der Waals surface area contributed by atoms with Crippen molar-refractivity contribution < 1.29 is 0 Å². The van der Waals surface area contributed by atoms with E-state index in [1.54, 1.807) is 27.8 Å². The maximum absolute atomic E-state index is 7.13. The zero-order valence-corrected chi connectivity index (χ0v) is 24.0. The molecule has 0 N–H and O–H groups in total. The quantitative estimate of drug-likeness (QED) is 0.262. The number of fused-ring (bicyclic) bond motifs is 10. The monoisotopic (exact) mass is 519 g/mol. The zero-order valence-electron chi connectivity index (χ0n) is 23.3. The smallest absolute Gasteiger partial charge is 0.247 e. The molecule has 4 atom stereocenters. The van der Waals surface area contributed by atoms with Gasteiger partial charge in [-0.05, 0) is 80.6 Å². The molecule has 38 heavy (non-hydrogen) atoms. The maximum atomic E-state index is 7.13. The van der Waals surface area contributed by atoms with Crippen LogP contribution in [0.25, 0.3) is 0 Å². The number of nitrogens with zero attached hydrogens (tertiary/aromatic N) is 2. The van der Waals surface area contributed by atoms with Crippen molar-refractivity contribution in [2.24, 2.45) is 5.41 Å². The summed E-state index contributed by atoms with van der Waals surface area (Å²) in [6.45, 7) is 10.6. The van der Waals surface area contributed by atoms with E-state index in [1.165, 1.54) is 67.5 Å². The van der Waals surface area contributed by atoms with Crippen LogP contribution in [0, 0.1) is 11.8 Å². The number of rotatable bonds is 0. The van der Waals surface area contributed by atoms with Crippen LogP contribution in [0.4, 0.5) is 17.1 Å². The van der Waals surface area contributed by atoms with Gasteiger partial charge in [-0.25, -0.2) is 0 Å². The van der Waals surface area contributed by atoms with Crippen LogP contribution in [-0.2, 0) is 5.41 Å². The van der Waals surface area contributed by atoms with E-state index in [2.05, 4.69) is 80.3 Å². The van der Waals surface area contributed by atoms with Gasteiger partial charge in [0.15, 0.2) is 0 Å². The lowest BCUT2D eigenvalue weighted by molar-refractivity contribution is 0.189. The highest BCUT2D eigenvalue weighted by Crippen LogP contribution is 2.67. The molecule has 0 aromatic heterocycles. The molecule has 7 aliphatic rings. The highest BCUT2D eigenvalue weighted by molar-refractivity contribution is 6.95. The standard InChI is InChI=1S/C34H37BClN2/c1-31-15-5-7-17-33(31,3)37-26-19-21(36)20-27-28(26)35(24-13-9-11-22(31)29(24)37)25-14-10-12-23-30(25)38(27)34(4)18-8-6-16-32(23,34)2/h5,10-12,14,19-20H,6-9,13,15-18H2,1-4H3/q+1. The molecular weight excluding hydrogens is 483 g/mol. The van der Waals surface area contributed by atoms with Crippen LogP contribution < -0.4 is 20.7 Å². The fourth-order valence-corrected chi connectivity index (χ4v) is 10.8. The zero-order chi connectivity index (χ0) is 25.8. The summed E-state index contributed by atoms with van der Waals surface area (Å²) < 4.78 is 0. The number of hydrogen-bond donors (Lipinski definition) is 0. The second kappa shape index (κ2) is 6.72. The van der Waals surface area contributed by atoms with Gasteiger partial charge in [0.2, 0.25) is 6.71 Å². The Bertz CT molecular complexity index is 1540. The van der Waals surface area contributed by atoms with Crippen LogP contribution in [0.2, 0.25) is 5.02 Å². The molecule has 4 heteroatoms. The molecule has 9 rings (SSSR count). The van der Waals surface area contributed by atoms with Crippen molar-refractivity contribution in [3.8, 4) is 0 Å². The molecule has 192 valence electrons. The lowest BCUT2D eigenvalue weighted by Gasteiger charge is -2.54. The van der Waals surface area contributed by atoms with E-state index in [0.717, 1.165) is 17.9 Å². The summed E-state index contributed by atoms with van der Waals surface area (Å²) in [5.74, 6) is 0. The van der Waals surface area contributed by atoms with Gasteiger partial charge < -0.3 is 9.80 Å². The highest BCUT2D eigenvalue weighted by Gasteiger charge is 2.67. The third kappa shape index (κ3) is 2.15. The van der Waals surface area contributed by atoms with Gasteiger partial charge in [-0.15, -0.1) is 0 Å². The molecule has 4 aliphatic heterocycles. The summed E-state index contributed by atoms with van der Waals surface area (Å²) in [4.78, 5) is 5.62. The van der Waals surface area contributed by atoms with Gasteiger partial charge in [-0.2, -0.15) is 0 Å². The average Bonchev–Trinajstić information content (AvgIpc) is 3.25. The minimum Gasteiger partial charge on any atom is -0.335 e. The molecule has 1 saturated heterocycles. The summed E-state index contributed by atoms with van der Waals surface area (Å²) in [7, 11) is 0. The number of hydrogen-bond acceptors (Lipinski definition) is 2. The Morgan fingerprint density at radius 3 is 2.53 bits per heavy atom. The first-order valence-corrected chi connectivity index (χ1v) is 15.5. The molecule has 0 amide bonds. The van der Waals surface area contributed by atoms with Gasteiger partial charge in [0.05, 0.1) is 35.8 Å². The fourth-order valence-electron chi connectivity index (χ4n) is 10.6. The molecule has 0 radical (unpaired) electrons. The van der Waals surface area contributed by atoms with Gasteiger partial charge >= 0.3 is 0 Å². The summed E-state index contributed by atoms with van der Waals surface area (Å²) >= 11 is 7.13. The minimum atomic E-state index is 0.0678. The number of para-hydroxylation sites is 1. The van der Waals surface area contributed by atoms with E-state index >= 15 is 0 Å². The Hall–Kier alpha value is -2.26. The molecule has 4 unspecified atom stereocenters. The van der Waals surface area contributed by atoms with E-state index in [1.807, 2.05) is 0 Å². The third-order valence-corrected chi connectivity index (χ3v) is 13.1. The SMILES string of the molecule is CC12C[CH+]CCC1(C)N1C3=C(CCC=C32)B2c3cccc4c3N(c3cc(Cl)cc1c32)C1(C)CCCCC41C. The van der Waals surface area contributed by atoms with Gasteiger partial charge in [0.25, 0.3) is 0 Å². The molecule has 0 bridgehead atoms. The Morgan fingerprint density at radius 2 is 1.68 bits per heavy atom. The number of anilines is 3. The highest BCUT2D eigenvalue weighted by atomic mass is 35.5. The molecule has 2 aromatic carbocycles. The lowest BCUT2D eigenvalue weighted by atomic mass is 9.32. The summed E-state index contributed by atoms with van der Waals surface area (Å²) in [6, 6.07) is 12.0. The van der Waals surface area contributed by atoms with Crippen molar-refractivity contribution in [1.29, 1.82) is 0 Å². The molecule has 2 aromatic rings. The molecular formula is C34H37BClN2+. The summed E-state index contributed by atoms with van der Waals surface area (Å²) in [6.07, 6.45) is 16.2. The first kappa shape index (κ1) is 22.5. The van der Waals surface area contributed by atoms with Crippen molar-refractivity contribution >= 4 is 46.3 Å². The van der Waals surface area contributed by atoms with E-state index in [-0.39, 0.29) is 21.9 Å². The van der Waals surface area contributed by atoms with Gasteiger partial charge in [0.1, 0.15) is 0 Å². The van der Waals surface area contributed by atoms with Crippen molar-refractivity contribution in [3.63, 3.8) is 0 Å². The third-order valence-electron chi connectivity index (χ3n) is 12.9. The van der Waals surface area contributed by atoms with Gasteiger partial charge in [-0.3, -0.25) is 0 Å². The maximum Gasteiger partial charge on any atom is 0.247 e. The van der Waals surface area contributed by atoms with Crippen molar-refractivity contribution in [1.82, 2.24) is 0 Å². The van der Waals surface area contributed by atoms with Crippen molar-refractivity contribution in [3.05, 3.63) is 70.2 Å². The van der Waals surface area contributed by atoms with Crippen LogP contribution in [0.5, 0.6) is 0 Å². The van der Waals surface area contributed by atoms with Crippen molar-refractivity contribution in [2.75, 3.05) is 9.80 Å². The topological polar surface area (TPSA) is 6.48 Å². The van der Waals surface area contributed by atoms with E-state index in [9.17, 15) is 0 Å². The first-order valence-electron chi connectivity index (χ1n) is 15.1. The normalized spacial score (nSPS) is 37.2. The first-order chi connectivity index (χ1) is 18.2. The predicted molar refractivity (Wildman–Crippen MR) is 161 cm³/mol. The Balaban J connectivity index is 1.42. The minimum absolute atomic E-state index is 0.0678. The van der Waals surface area contributed by atoms with Gasteiger partial charge in [0, 0.05) is 39.6 Å². The summed E-state index contributed by atoms with van der Waals surface area (Å²) in [5.41, 5.74) is 14.3. The van der Waals surface area contributed by atoms with Crippen LogP contribution >= 0.6 is 11.6 Å². The number of allylic oxidation sites excluding steroid dienone is 3. The van der Waals surface area contributed by atoms with Crippen LogP contribution in [0.3, 0.4) is 0 Å². The van der Waals surface area contributed by atoms with Crippen LogP contribution in [-0.4, -0.2) is 17.8 Å². The molecule has 3 fully saturated rings. The molecule has 4 heterocycles. The van der Waals surface area contributed by atoms with Crippen LogP contribution in [0.1, 0.15) is 91.0 Å². The largest absolute Gasteiger partial charge is 0.335 e. The van der Waals surface area contributed by atoms with Crippen LogP contribution in [0.15, 0.2) is 53.2 Å². The molecule has 3 aliphatic carbocycles. The Labute approximate surface area is 233 Å². The second-order valence-corrected chi connectivity index (χ2v) is 14.6. The summed E-state index contributed by atoms with van der Waals surface area (Å²) in [5, 5.41) is 0.886. The second-order valence-electron chi connectivity index (χ2n) is 14.2. The molecule has 2 nitrogen and oxygen atoms in total. The number of benzene rings is 2.